The molecule has 0 spiro atoms. The molecule has 6 nitrogen and oxygen atoms in total. The highest BCUT2D eigenvalue weighted by Crippen LogP contribution is 2.56. The van der Waals surface area contributed by atoms with Gasteiger partial charge in [-0.1, -0.05) is 18.2 Å². The number of carbonyl (C=O) groups is 1. The van der Waals surface area contributed by atoms with Crippen molar-refractivity contribution in [3.05, 3.63) is 59.7 Å². The Kier molecular flexibility index (Phi) is 4.32. The normalized spacial score (nSPS) is 31.8. The van der Waals surface area contributed by atoms with Gasteiger partial charge in [0.15, 0.2) is 0 Å². The lowest BCUT2D eigenvalue weighted by atomic mass is 9.88. The fourth-order valence-corrected chi connectivity index (χ4v) is 8.18. The summed E-state index contributed by atoms with van der Waals surface area (Å²) >= 11 is 0. The molecule has 2 aliphatic heterocycles. The number of anilines is 1. The van der Waals surface area contributed by atoms with Crippen molar-refractivity contribution in [2.45, 2.75) is 42.7 Å². The van der Waals surface area contributed by atoms with Crippen molar-refractivity contribution in [3.63, 3.8) is 0 Å². The smallest absolute Gasteiger partial charge is 0.258 e. The van der Waals surface area contributed by atoms with Crippen LogP contribution < -0.4 is 4.90 Å². The number of benzene rings is 2. The zero-order valence-corrected chi connectivity index (χ0v) is 18.0. The van der Waals surface area contributed by atoms with E-state index in [0.29, 0.717) is 24.6 Å². The average molecular weight is 439 g/mol. The van der Waals surface area contributed by atoms with Crippen LogP contribution in [0.25, 0.3) is 0 Å². The molecule has 0 radical (unpaired) electrons. The molecule has 2 saturated carbocycles. The van der Waals surface area contributed by atoms with Crippen molar-refractivity contribution in [2.24, 2.45) is 17.8 Å². The molecular weight excluding hydrogens is 412 g/mol. The van der Waals surface area contributed by atoms with Gasteiger partial charge < -0.3 is 10.0 Å². The van der Waals surface area contributed by atoms with Crippen molar-refractivity contribution in [1.82, 2.24) is 4.31 Å². The van der Waals surface area contributed by atoms with Gasteiger partial charge in [-0.15, -0.1) is 0 Å². The molecular formula is C24H26N2O4S. The van der Waals surface area contributed by atoms with Gasteiger partial charge in [0, 0.05) is 24.3 Å². The second-order valence-corrected chi connectivity index (χ2v) is 11.3. The van der Waals surface area contributed by atoms with Gasteiger partial charge in [-0.25, -0.2) is 8.42 Å². The third kappa shape index (κ3) is 2.83. The van der Waals surface area contributed by atoms with E-state index in [1.54, 1.807) is 17.0 Å². The third-order valence-electron chi connectivity index (χ3n) is 7.87. The molecule has 2 bridgehead atoms. The van der Waals surface area contributed by atoms with Crippen molar-refractivity contribution < 1.29 is 18.3 Å². The van der Waals surface area contributed by atoms with E-state index in [2.05, 4.69) is 6.07 Å². The third-order valence-corrected chi connectivity index (χ3v) is 9.75. The Balaban J connectivity index is 1.26. The minimum absolute atomic E-state index is 0.107. The molecule has 0 aromatic heterocycles. The summed E-state index contributed by atoms with van der Waals surface area (Å²) in [6.45, 7) is 1.16. The molecule has 1 saturated heterocycles. The molecule has 2 aromatic carbocycles. The monoisotopic (exact) mass is 438 g/mol. The fraction of sp³-hybridized carbons (Fsp3) is 0.458. The molecule has 6 rings (SSSR count). The van der Waals surface area contributed by atoms with Crippen molar-refractivity contribution in [3.8, 4) is 0 Å². The topological polar surface area (TPSA) is 77.9 Å². The highest BCUT2D eigenvalue weighted by Gasteiger charge is 2.61. The number of fused-ring (bicyclic) bond motifs is 2. The highest BCUT2D eigenvalue weighted by molar-refractivity contribution is 7.89. The Labute approximate surface area is 182 Å². The minimum atomic E-state index is -3.70. The van der Waals surface area contributed by atoms with Gasteiger partial charge in [0.25, 0.3) is 5.91 Å². The first kappa shape index (κ1) is 19.5. The maximum Gasteiger partial charge on any atom is 0.258 e. The first-order valence-corrected chi connectivity index (χ1v) is 12.6. The van der Waals surface area contributed by atoms with Gasteiger partial charge in [-0.3, -0.25) is 4.79 Å². The van der Waals surface area contributed by atoms with Gasteiger partial charge in [-0.2, -0.15) is 4.31 Å². The van der Waals surface area contributed by atoms with E-state index in [4.69, 9.17) is 0 Å². The second kappa shape index (κ2) is 6.89. The largest absolute Gasteiger partial charge is 0.391 e. The molecule has 7 heteroatoms. The molecule has 2 heterocycles. The predicted molar refractivity (Wildman–Crippen MR) is 116 cm³/mol. The van der Waals surface area contributed by atoms with E-state index < -0.39 is 16.1 Å². The number of aliphatic hydroxyl groups excluding tert-OH is 1. The molecule has 0 unspecified atom stereocenters. The van der Waals surface area contributed by atoms with Crippen LogP contribution in [-0.4, -0.2) is 49.0 Å². The first-order valence-electron chi connectivity index (χ1n) is 11.1. The van der Waals surface area contributed by atoms with E-state index in [1.165, 1.54) is 22.0 Å². The molecule has 3 fully saturated rings. The molecule has 162 valence electrons. The summed E-state index contributed by atoms with van der Waals surface area (Å²) in [5.41, 5.74) is 2.59. The van der Waals surface area contributed by atoms with Crippen LogP contribution in [0.2, 0.25) is 0 Å². The number of aryl methyl sites for hydroxylation is 1. The van der Waals surface area contributed by atoms with Crippen LogP contribution >= 0.6 is 0 Å². The van der Waals surface area contributed by atoms with E-state index >= 15 is 0 Å². The molecule has 2 aromatic rings. The van der Waals surface area contributed by atoms with Crippen LogP contribution in [0.15, 0.2) is 53.4 Å². The number of nitrogens with zero attached hydrogens (tertiary/aromatic N) is 2. The van der Waals surface area contributed by atoms with Gasteiger partial charge in [0.1, 0.15) is 0 Å². The van der Waals surface area contributed by atoms with Gasteiger partial charge >= 0.3 is 0 Å². The van der Waals surface area contributed by atoms with Gasteiger partial charge in [-0.05, 0) is 79.3 Å². The van der Waals surface area contributed by atoms with E-state index in [0.717, 1.165) is 31.4 Å². The Hall–Kier alpha value is -2.22. The average Bonchev–Trinajstić information content (AvgIpc) is 3.42. The molecule has 1 N–H and O–H groups in total. The lowest BCUT2D eigenvalue weighted by molar-refractivity contribution is 0.0731. The Morgan fingerprint density at radius 2 is 1.77 bits per heavy atom. The lowest BCUT2D eigenvalue weighted by Crippen LogP contribution is -2.43. The van der Waals surface area contributed by atoms with Crippen molar-refractivity contribution >= 4 is 21.6 Å². The zero-order valence-electron chi connectivity index (χ0n) is 17.2. The van der Waals surface area contributed by atoms with E-state index in [9.17, 15) is 18.3 Å². The number of hydrogen-bond donors (Lipinski definition) is 1. The quantitative estimate of drug-likeness (QED) is 0.799. The summed E-state index contributed by atoms with van der Waals surface area (Å²) in [7, 11) is -3.70. The van der Waals surface area contributed by atoms with Crippen LogP contribution in [0.3, 0.4) is 0 Å². The minimum Gasteiger partial charge on any atom is -0.391 e. The lowest BCUT2D eigenvalue weighted by Gasteiger charge is -2.30. The highest BCUT2D eigenvalue weighted by atomic mass is 32.2. The molecule has 31 heavy (non-hydrogen) atoms. The van der Waals surface area contributed by atoms with Crippen LogP contribution in [0, 0.1) is 17.8 Å². The maximum absolute atomic E-state index is 13.4. The number of aliphatic hydroxyl groups is 1. The number of carbonyl (C=O) groups excluding carboxylic acids is 1. The van der Waals surface area contributed by atoms with Crippen LogP contribution in [-0.2, 0) is 16.4 Å². The number of sulfonamides is 1. The van der Waals surface area contributed by atoms with E-state index in [1.807, 2.05) is 18.2 Å². The first-order chi connectivity index (χ1) is 14.9. The molecule has 5 atom stereocenters. The zero-order chi connectivity index (χ0) is 21.3. The Morgan fingerprint density at radius 3 is 2.55 bits per heavy atom. The Bertz CT molecular complexity index is 1140. The number of hydrogen-bond acceptors (Lipinski definition) is 4. The van der Waals surface area contributed by atoms with Crippen LogP contribution in [0.4, 0.5) is 5.69 Å². The Morgan fingerprint density at radius 1 is 1.00 bits per heavy atom. The fourth-order valence-electron chi connectivity index (χ4n) is 6.44. The predicted octanol–water partition coefficient (Wildman–Crippen LogP) is 2.67. The summed E-state index contributed by atoms with van der Waals surface area (Å²) < 4.78 is 28.2. The van der Waals surface area contributed by atoms with Gasteiger partial charge in [0.2, 0.25) is 10.0 Å². The van der Waals surface area contributed by atoms with Crippen LogP contribution in [0.5, 0.6) is 0 Å². The standard InChI is InChI=1S/C24H26N2O4S/c27-23-17-12-18-14-26(22(23)20(18)13-17)31(29,30)19-9-7-16(8-10-19)24(28)25-11-3-5-15-4-1-2-6-21(15)25/h1-2,4,6-10,17-18,20,22-23,27H,3,5,11-14H2/t17-,18-,20+,22-,23-/m0/s1. The summed E-state index contributed by atoms with van der Waals surface area (Å²) in [4.78, 5) is 15.1. The number of amides is 1. The summed E-state index contributed by atoms with van der Waals surface area (Å²) in [5.74, 6) is 0.792. The van der Waals surface area contributed by atoms with Crippen molar-refractivity contribution in [1.29, 1.82) is 0 Å². The summed E-state index contributed by atoms with van der Waals surface area (Å²) in [6.07, 6.45) is 3.19. The van der Waals surface area contributed by atoms with Crippen molar-refractivity contribution in [2.75, 3.05) is 18.0 Å². The van der Waals surface area contributed by atoms with Gasteiger partial charge in [0.05, 0.1) is 17.0 Å². The summed E-state index contributed by atoms with van der Waals surface area (Å²) in [6, 6.07) is 14.0. The molecule has 4 aliphatic rings. The molecule has 1 amide bonds. The number of rotatable bonds is 3. The van der Waals surface area contributed by atoms with Crippen LogP contribution in [0.1, 0.15) is 35.2 Å². The molecule has 2 aliphatic carbocycles. The second-order valence-electron chi connectivity index (χ2n) is 9.42. The van der Waals surface area contributed by atoms with E-state index in [-0.39, 0.29) is 28.7 Å². The maximum atomic E-state index is 13.4. The summed E-state index contributed by atoms with van der Waals surface area (Å²) in [5, 5.41) is 10.6. The SMILES string of the molecule is O=C(c1ccc(S(=O)(=O)N2C[C@@H]3C[C@H]4C[C@H]3[C@H]2[C@H]4O)cc1)N1CCCc2ccccc21. The number of para-hydroxylation sites is 1.